The average Bonchev–Trinajstić information content (AvgIpc) is 2.87. The molecule has 0 aliphatic rings. The van der Waals surface area contributed by atoms with Crippen LogP contribution in [-0.4, -0.2) is 19.6 Å². The number of rotatable bonds is 31. The predicted octanol–water partition coefficient (Wildman–Crippen LogP) is 7.86. The van der Waals surface area contributed by atoms with Gasteiger partial charge in [0.25, 0.3) is 0 Å². The first-order valence-electron chi connectivity index (χ1n) is 17.2. The van der Waals surface area contributed by atoms with E-state index < -0.39 is 0 Å². The molecule has 0 spiro atoms. The number of hydrogen-bond donors (Lipinski definition) is 1. The Hall–Kier alpha value is 0.440. The number of unbranched alkanes of at least 4 members (excludes halogenated alkanes) is 25. The zero-order valence-corrected chi connectivity index (χ0v) is 27.4. The van der Waals surface area contributed by atoms with E-state index >= 15 is 0 Å². The standard InChI is InChI=1S/C34H71N.BrH/c1-4-7-10-12-14-16-18-20-22-24-26-28-30-33-35(32-9-6-3)34-31-29-27-25-23-21-19-17-15-13-11-8-5-2;/h4-34H2,1-3H3;1H. The minimum absolute atomic E-state index is 0. The van der Waals surface area contributed by atoms with Crippen molar-refractivity contribution in [2.24, 2.45) is 0 Å². The minimum Gasteiger partial charge on any atom is -1.00 e. The third kappa shape index (κ3) is 32.5. The maximum Gasteiger partial charge on any atom is 0.0770 e. The Labute approximate surface area is 241 Å². The third-order valence-corrected chi connectivity index (χ3v) is 8.15. The van der Waals surface area contributed by atoms with Crippen LogP contribution in [0.1, 0.15) is 201 Å². The van der Waals surface area contributed by atoms with Crippen molar-refractivity contribution in [3.05, 3.63) is 0 Å². The lowest BCUT2D eigenvalue weighted by Gasteiger charge is -2.19. The van der Waals surface area contributed by atoms with Crippen LogP contribution < -0.4 is 21.9 Å². The highest BCUT2D eigenvalue weighted by atomic mass is 79.9. The van der Waals surface area contributed by atoms with Crippen molar-refractivity contribution in [1.29, 1.82) is 0 Å². The Balaban J connectivity index is 0. The molecule has 0 radical (unpaired) electrons. The van der Waals surface area contributed by atoms with Gasteiger partial charge in [-0.05, 0) is 32.1 Å². The quantitative estimate of drug-likeness (QED) is 0.0804. The topological polar surface area (TPSA) is 4.44 Å². The largest absolute Gasteiger partial charge is 1.00 e. The molecular formula is C34H72BrN. The van der Waals surface area contributed by atoms with E-state index in [1.165, 1.54) is 199 Å². The summed E-state index contributed by atoms with van der Waals surface area (Å²) in [5, 5.41) is 0. The Morgan fingerprint density at radius 3 is 0.694 bits per heavy atom. The molecular weight excluding hydrogens is 502 g/mol. The molecule has 220 valence electrons. The van der Waals surface area contributed by atoms with Crippen molar-refractivity contribution < 1.29 is 21.9 Å². The van der Waals surface area contributed by atoms with Crippen LogP contribution in [0, 0.1) is 0 Å². The van der Waals surface area contributed by atoms with E-state index in [2.05, 4.69) is 20.8 Å². The Morgan fingerprint density at radius 1 is 0.250 bits per heavy atom. The highest BCUT2D eigenvalue weighted by molar-refractivity contribution is 4.51. The second kappa shape index (κ2) is 35.4. The van der Waals surface area contributed by atoms with Gasteiger partial charge in [-0.15, -0.1) is 0 Å². The fourth-order valence-electron chi connectivity index (χ4n) is 5.59. The lowest BCUT2D eigenvalue weighted by molar-refractivity contribution is -0.900. The molecule has 1 N–H and O–H groups in total. The van der Waals surface area contributed by atoms with E-state index in [0.29, 0.717) is 0 Å². The lowest BCUT2D eigenvalue weighted by atomic mass is 10.0. The highest BCUT2D eigenvalue weighted by Crippen LogP contribution is 2.13. The van der Waals surface area contributed by atoms with Crippen molar-refractivity contribution in [2.75, 3.05) is 19.6 Å². The Bertz CT molecular complexity index is 329. The predicted molar refractivity (Wildman–Crippen MR) is 162 cm³/mol. The van der Waals surface area contributed by atoms with Gasteiger partial charge in [0.05, 0.1) is 19.6 Å². The third-order valence-electron chi connectivity index (χ3n) is 8.15. The Kier molecular flexibility index (Phi) is 38.0. The summed E-state index contributed by atoms with van der Waals surface area (Å²) < 4.78 is 0. The van der Waals surface area contributed by atoms with Crippen LogP contribution in [-0.2, 0) is 0 Å². The molecule has 0 aromatic heterocycles. The fourth-order valence-corrected chi connectivity index (χ4v) is 5.59. The maximum absolute atomic E-state index is 2.36. The molecule has 0 rings (SSSR count). The van der Waals surface area contributed by atoms with E-state index in [4.69, 9.17) is 0 Å². The monoisotopic (exact) mass is 573 g/mol. The number of quaternary nitrogens is 1. The second-order valence-electron chi connectivity index (χ2n) is 11.8. The summed E-state index contributed by atoms with van der Waals surface area (Å²) in [7, 11) is 0. The molecule has 1 nitrogen and oxygen atoms in total. The summed E-state index contributed by atoms with van der Waals surface area (Å²) in [5.74, 6) is 0. The first kappa shape index (κ1) is 38.6. The molecule has 0 aromatic rings. The molecule has 36 heavy (non-hydrogen) atoms. The lowest BCUT2D eigenvalue weighted by Crippen LogP contribution is -3.12. The number of hydrogen-bond acceptors (Lipinski definition) is 0. The summed E-state index contributed by atoms with van der Waals surface area (Å²) in [6.45, 7) is 11.3. The molecule has 0 aliphatic heterocycles. The first-order chi connectivity index (χ1) is 17.3. The van der Waals surface area contributed by atoms with Gasteiger partial charge in [-0.1, -0.05) is 168 Å². The summed E-state index contributed by atoms with van der Waals surface area (Å²) >= 11 is 0. The van der Waals surface area contributed by atoms with Crippen LogP contribution in [0.5, 0.6) is 0 Å². The van der Waals surface area contributed by atoms with Crippen LogP contribution in [0.4, 0.5) is 0 Å². The van der Waals surface area contributed by atoms with Crippen molar-refractivity contribution in [2.45, 2.75) is 201 Å². The van der Waals surface area contributed by atoms with Crippen LogP contribution in [0.15, 0.2) is 0 Å². The summed E-state index contributed by atoms with van der Waals surface area (Å²) in [4.78, 5) is 1.91. The number of halogens is 1. The van der Waals surface area contributed by atoms with E-state index in [-0.39, 0.29) is 17.0 Å². The number of nitrogens with one attached hydrogen (secondary N) is 1. The van der Waals surface area contributed by atoms with Gasteiger partial charge in [0, 0.05) is 0 Å². The fraction of sp³-hybridized carbons (Fsp3) is 1.00. The van der Waals surface area contributed by atoms with Gasteiger partial charge in [-0.3, -0.25) is 0 Å². The van der Waals surface area contributed by atoms with Gasteiger partial charge < -0.3 is 21.9 Å². The van der Waals surface area contributed by atoms with Crippen molar-refractivity contribution in [3.8, 4) is 0 Å². The molecule has 0 heterocycles. The van der Waals surface area contributed by atoms with Crippen LogP contribution >= 0.6 is 0 Å². The molecule has 0 saturated carbocycles. The van der Waals surface area contributed by atoms with Crippen molar-refractivity contribution in [1.82, 2.24) is 0 Å². The van der Waals surface area contributed by atoms with E-state index in [9.17, 15) is 0 Å². The minimum atomic E-state index is 0. The van der Waals surface area contributed by atoms with Crippen LogP contribution in [0.2, 0.25) is 0 Å². The van der Waals surface area contributed by atoms with Crippen LogP contribution in [0.25, 0.3) is 0 Å². The van der Waals surface area contributed by atoms with Crippen LogP contribution in [0.3, 0.4) is 0 Å². The zero-order valence-electron chi connectivity index (χ0n) is 25.8. The smallest absolute Gasteiger partial charge is 0.0770 e. The average molecular weight is 575 g/mol. The molecule has 0 fully saturated rings. The Morgan fingerprint density at radius 2 is 0.444 bits per heavy atom. The van der Waals surface area contributed by atoms with Gasteiger partial charge >= 0.3 is 0 Å². The van der Waals surface area contributed by atoms with Gasteiger partial charge in [0.2, 0.25) is 0 Å². The molecule has 0 bridgehead atoms. The summed E-state index contributed by atoms with van der Waals surface area (Å²) in [6.07, 6.45) is 41.0. The molecule has 2 heteroatoms. The normalized spacial score (nSPS) is 11.3. The second-order valence-corrected chi connectivity index (χ2v) is 11.8. The van der Waals surface area contributed by atoms with Gasteiger partial charge in [-0.25, -0.2) is 0 Å². The molecule has 0 amide bonds. The molecule has 0 aromatic carbocycles. The van der Waals surface area contributed by atoms with Gasteiger partial charge in [0.15, 0.2) is 0 Å². The molecule has 0 aliphatic carbocycles. The van der Waals surface area contributed by atoms with Gasteiger partial charge in [0.1, 0.15) is 0 Å². The summed E-state index contributed by atoms with van der Waals surface area (Å²) in [6, 6.07) is 0. The maximum atomic E-state index is 2.36. The van der Waals surface area contributed by atoms with Gasteiger partial charge in [-0.2, -0.15) is 0 Å². The first-order valence-corrected chi connectivity index (χ1v) is 17.2. The molecule has 0 unspecified atom stereocenters. The summed E-state index contributed by atoms with van der Waals surface area (Å²) in [5.41, 5.74) is 0. The molecule has 0 saturated heterocycles. The highest BCUT2D eigenvalue weighted by Gasteiger charge is 2.07. The van der Waals surface area contributed by atoms with E-state index in [1.54, 1.807) is 0 Å². The van der Waals surface area contributed by atoms with E-state index in [1.807, 2.05) is 4.90 Å². The zero-order chi connectivity index (χ0) is 25.5. The van der Waals surface area contributed by atoms with Crippen molar-refractivity contribution >= 4 is 0 Å². The van der Waals surface area contributed by atoms with Crippen molar-refractivity contribution in [3.63, 3.8) is 0 Å². The molecule has 0 atom stereocenters. The van der Waals surface area contributed by atoms with E-state index in [0.717, 1.165) is 0 Å². The SMILES string of the molecule is CCCCCCCCCCCCCCC[NH+](CCCC)CCCCCCCCCCCCCCC.[Br-].